The molecular weight excluding hydrogens is 776 g/mol. The summed E-state index contributed by atoms with van der Waals surface area (Å²) >= 11 is 7.05. The van der Waals surface area contributed by atoms with Gasteiger partial charge in [0.1, 0.15) is 6.04 Å². The SMILES string of the molecule is CS(=O)(=O)NC(=N[C@H](Cc1cc(Br)c(N)c(Br)c1)C(=O)N1CCC(N2CCCCC2)CC1)N1CCC(N2Cc3ccccc3NC2=O)CC1. The molecule has 2 aromatic rings. The fourth-order valence-electron chi connectivity index (χ4n) is 7.50. The van der Waals surface area contributed by atoms with E-state index in [9.17, 15) is 18.0 Å². The number of aliphatic imine (C=N–C) groups is 1. The summed E-state index contributed by atoms with van der Waals surface area (Å²) in [7, 11) is -3.72. The Balaban J connectivity index is 1.22. The number of nitrogens with one attached hydrogen (secondary N) is 2. The number of nitrogens with zero attached hydrogens (tertiary/aromatic N) is 5. The molecule has 0 bridgehead atoms. The van der Waals surface area contributed by atoms with Crippen LogP contribution in [-0.4, -0.2) is 110 Å². The first-order valence-electron chi connectivity index (χ1n) is 17.2. The quantitative estimate of drug-likeness (QED) is 0.211. The predicted octanol–water partition coefficient (Wildman–Crippen LogP) is 4.60. The van der Waals surface area contributed by atoms with Gasteiger partial charge in [-0.3, -0.25) is 9.52 Å². The van der Waals surface area contributed by atoms with E-state index >= 15 is 0 Å². The normalized spacial score (nSPS) is 20.9. The number of nitrogens with two attached hydrogens (primary N) is 1. The van der Waals surface area contributed by atoms with Crippen LogP contribution in [0, 0.1) is 0 Å². The highest BCUT2D eigenvalue weighted by atomic mass is 79.9. The number of nitrogen functional groups attached to an aromatic ring is 1. The highest BCUT2D eigenvalue weighted by molar-refractivity contribution is 9.11. The minimum atomic E-state index is -3.72. The molecule has 6 rings (SSSR count). The van der Waals surface area contributed by atoms with E-state index in [2.05, 4.69) is 46.8 Å². The van der Waals surface area contributed by atoms with Crippen LogP contribution in [0.2, 0.25) is 0 Å². The Kier molecular flexibility index (Phi) is 11.4. The fraction of sp³-hybridized carbons (Fsp3) is 0.559. The van der Waals surface area contributed by atoms with E-state index in [1.165, 1.54) is 19.3 Å². The molecule has 4 aliphatic rings. The highest BCUT2D eigenvalue weighted by Gasteiger charge is 2.35. The van der Waals surface area contributed by atoms with Crippen LogP contribution in [0.15, 0.2) is 50.3 Å². The zero-order chi connectivity index (χ0) is 34.7. The molecule has 2 aromatic carbocycles. The van der Waals surface area contributed by atoms with Crippen LogP contribution in [0.1, 0.15) is 56.1 Å². The highest BCUT2D eigenvalue weighted by Crippen LogP contribution is 2.31. The van der Waals surface area contributed by atoms with Crippen molar-refractivity contribution in [2.24, 2.45) is 4.99 Å². The number of urea groups is 1. The maximum Gasteiger partial charge on any atom is 0.322 e. The lowest BCUT2D eigenvalue weighted by atomic mass is 9.98. The standard InChI is InChI=1S/C34H46Br2N8O4S/c1-49(47,48)40-33(43-17-11-26(12-18-43)44-22-24-7-3-4-8-29(24)39-34(44)46)38-30(21-23-19-27(35)31(37)28(36)20-23)32(45)42-15-9-25(10-16-42)41-13-5-2-6-14-41/h3-4,7-8,19-20,25-26,30H,2,5-6,9-18,21-22,37H2,1H3,(H,38,40)(H,39,46)/t30-/m1/s1. The number of piperidine rings is 3. The van der Waals surface area contributed by atoms with E-state index in [4.69, 9.17) is 10.7 Å². The van der Waals surface area contributed by atoms with Crippen molar-refractivity contribution in [3.63, 3.8) is 0 Å². The number of carbonyl (C=O) groups is 2. The third-order valence-electron chi connectivity index (χ3n) is 10.2. The van der Waals surface area contributed by atoms with E-state index in [-0.39, 0.29) is 30.4 Å². The van der Waals surface area contributed by atoms with Crippen molar-refractivity contribution in [1.29, 1.82) is 0 Å². The van der Waals surface area contributed by atoms with Gasteiger partial charge in [0.15, 0.2) is 0 Å². The molecule has 0 aliphatic carbocycles. The van der Waals surface area contributed by atoms with Crippen LogP contribution in [0.5, 0.6) is 0 Å². The monoisotopic (exact) mass is 820 g/mol. The van der Waals surface area contributed by atoms with Crippen LogP contribution in [0.4, 0.5) is 16.2 Å². The number of hydrogen-bond acceptors (Lipinski definition) is 7. The molecule has 1 atom stereocenters. The predicted molar refractivity (Wildman–Crippen MR) is 200 cm³/mol. The van der Waals surface area contributed by atoms with Crippen molar-refractivity contribution >= 4 is 71.2 Å². The Hall–Kier alpha value is -2.88. The molecular formula is C34H46Br2N8O4S. The topological polar surface area (TPSA) is 144 Å². The summed E-state index contributed by atoms with van der Waals surface area (Å²) in [6.07, 6.45) is 8.19. The summed E-state index contributed by atoms with van der Waals surface area (Å²) < 4.78 is 29.4. The molecule has 0 unspecified atom stereocenters. The molecule has 266 valence electrons. The molecule has 12 nitrogen and oxygen atoms in total. The van der Waals surface area contributed by atoms with E-state index in [1.807, 2.05) is 51.1 Å². The number of amides is 3. The van der Waals surface area contributed by atoms with Gasteiger partial charge in [0, 0.05) is 65.9 Å². The number of guanidine groups is 1. The summed E-state index contributed by atoms with van der Waals surface area (Å²) in [5.41, 5.74) is 9.46. The number of likely N-dealkylation sites (tertiary alicyclic amines) is 3. The first-order valence-corrected chi connectivity index (χ1v) is 20.6. The summed E-state index contributed by atoms with van der Waals surface area (Å²) in [5.74, 6) is 0.0389. The third-order valence-corrected chi connectivity index (χ3v) is 12.0. The average molecular weight is 823 g/mol. The first kappa shape index (κ1) is 35.9. The Morgan fingerprint density at radius 3 is 2.22 bits per heavy atom. The van der Waals surface area contributed by atoms with Crippen LogP contribution in [0.25, 0.3) is 0 Å². The van der Waals surface area contributed by atoms with Crippen LogP contribution < -0.4 is 15.8 Å². The molecule has 49 heavy (non-hydrogen) atoms. The molecule has 0 saturated carbocycles. The van der Waals surface area contributed by atoms with E-state index in [1.54, 1.807) is 0 Å². The Morgan fingerprint density at radius 2 is 1.57 bits per heavy atom. The van der Waals surface area contributed by atoms with E-state index in [0.29, 0.717) is 66.2 Å². The lowest BCUT2D eigenvalue weighted by Gasteiger charge is -2.42. The minimum absolute atomic E-state index is 0.0211. The Morgan fingerprint density at radius 1 is 0.959 bits per heavy atom. The largest absolute Gasteiger partial charge is 0.397 e. The number of hydrogen-bond donors (Lipinski definition) is 3. The average Bonchev–Trinajstić information content (AvgIpc) is 3.09. The maximum atomic E-state index is 14.3. The van der Waals surface area contributed by atoms with Gasteiger partial charge in [0.2, 0.25) is 21.9 Å². The molecule has 4 N–H and O–H groups in total. The second-order valence-corrected chi connectivity index (χ2v) is 17.1. The third kappa shape index (κ3) is 8.89. The van der Waals surface area contributed by atoms with Crippen LogP contribution in [-0.2, 0) is 27.8 Å². The molecule has 4 aliphatic heterocycles. The zero-order valence-electron chi connectivity index (χ0n) is 27.9. The first-order chi connectivity index (χ1) is 23.4. The van der Waals surface area contributed by atoms with Gasteiger partial charge in [-0.1, -0.05) is 24.6 Å². The summed E-state index contributed by atoms with van der Waals surface area (Å²) in [5, 5.41) is 3.00. The van der Waals surface area contributed by atoms with Crippen molar-refractivity contribution in [3.8, 4) is 0 Å². The van der Waals surface area contributed by atoms with Gasteiger partial charge < -0.3 is 30.7 Å². The number of benzene rings is 2. The number of anilines is 2. The second-order valence-electron chi connectivity index (χ2n) is 13.6. The van der Waals surface area contributed by atoms with Crippen LogP contribution in [0.3, 0.4) is 0 Å². The molecule has 15 heteroatoms. The number of fused-ring (bicyclic) bond motifs is 1. The minimum Gasteiger partial charge on any atom is -0.397 e. The van der Waals surface area contributed by atoms with Crippen molar-refractivity contribution in [3.05, 3.63) is 56.5 Å². The molecule has 4 heterocycles. The second kappa shape index (κ2) is 15.6. The lowest BCUT2D eigenvalue weighted by Crippen LogP contribution is -2.54. The van der Waals surface area contributed by atoms with Crippen LogP contribution >= 0.6 is 31.9 Å². The summed E-state index contributed by atoms with van der Waals surface area (Å²) in [4.78, 5) is 40.5. The number of para-hydroxylation sites is 1. The Bertz CT molecular complexity index is 1650. The fourth-order valence-corrected chi connectivity index (χ4v) is 9.30. The number of halogens is 2. The van der Waals surface area contributed by atoms with Gasteiger partial charge in [-0.25, -0.2) is 18.2 Å². The zero-order valence-corrected chi connectivity index (χ0v) is 31.9. The van der Waals surface area contributed by atoms with E-state index in [0.717, 1.165) is 49.0 Å². The summed E-state index contributed by atoms with van der Waals surface area (Å²) in [6, 6.07) is 11.0. The number of carbonyl (C=O) groups excluding carboxylic acids is 2. The Labute approximate surface area is 306 Å². The van der Waals surface area contributed by atoms with Crippen molar-refractivity contribution < 1.29 is 18.0 Å². The van der Waals surface area contributed by atoms with Gasteiger partial charge in [-0.2, -0.15) is 0 Å². The van der Waals surface area contributed by atoms with Crippen molar-refractivity contribution in [2.45, 2.75) is 76.0 Å². The van der Waals surface area contributed by atoms with Gasteiger partial charge in [-0.05, 0) is 113 Å². The van der Waals surface area contributed by atoms with Crippen molar-refractivity contribution in [1.82, 2.24) is 24.3 Å². The maximum absolute atomic E-state index is 14.3. The summed E-state index contributed by atoms with van der Waals surface area (Å²) in [6.45, 7) is 4.99. The van der Waals surface area contributed by atoms with Gasteiger partial charge >= 0.3 is 6.03 Å². The number of sulfonamides is 1. The molecule has 3 fully saturated rings. The molecule has 0 spiro atoms. The van der Waals surface area contributed by atoms with E-state index < -0.39 is 16.1 Å². The molecule has 3 saturated heterocycles. The van der Waals surface area contributed by atoms with Gasteiger partial charge in [0.05, 0.1) is 11.9 Å². The lowest BCUT2D eigenvalue weighted by molar-refractivity contribution is -0.134. The smallest absolute Gasteiger partial charge is 0.322 e. The molecule has 0 aromatic heterocycles. The number of rotatable bonds is 7. The molecule has 0 radical (unpaired) electrons. The van der Waals surface area contributed by atoms with Crippen molar-refractivity contribution in [2.75, 3.05) is 56.6 Å². The molecule has 3 amide bonds. The van der Waals surface area contributed by atoms with Gasteiger partial charge in [-0.15, -0.1) is 0 Å². The van der Waals surface area contributed by atoms with Gasteiger partial charge in [0.25, 0.3) is 0 Å².